The van der Waals surface area contributed by atoms with Gasteiger partial charge in [-0.25, -0.2) is 14.4 Å². The molecule has 0 aliphatic carbocycles. The number of hydrogen-bond donors (Lipinski definition) is 0. The molecule has 4 heterocycles. The van der Waals surface area contributed by atoms with Crippen LogP contribution in [0, 0.1) is 5.82 Å². The summed E-state index contributed by atoms with van der Waals surface area (Å²) in [4.78, 5) is 15.7. The fourth-order valence-electron chi connectivity index (χ4n) is 3.64. The predicted octanol–water partition coefficient (Wildman–Crippen LogP) is 4.45. The fraction of sp³-hybridized carbons (Fsp3) is 0.238. The van der Waals surface area contributed by atoms with Crippen molar-refractivity contribution in [3.63, 3.8) is 0 Å². The highest BCUT2D eigenvalue weighted by Gasteiger charge is 2.26. The summed E-state index contributed by atoms with van der Waals surface area (Å²) in [6, 6.07) is 7.88. The van der Waals surface area contributed by atoms with Gasteiger partial charge in [-0.15, -0.1) is 0 Å². The Labute approximate surface area is 187 Å². The van der Waals surface area contributed by atoms with Gasteiger partial charge in [0.05, 0.1) is 25.0 Å². The molecule has 5 rings (SSSR count). The molecule has 1 aliphatic rings. The summed E-state index contributed by atoms with van der Waals surface area (Å²) in [5.41, 5.74) is 2.12. The lowest BCUT2D eigenvalue weighted by molar-refractivity contribution is 0.0392. The van der Waals surface area contributed by atoms with Crippen LogP contribution in [0.1, 0.15) is 11.7 Å². The summed E-state index contributed by atoms with van der Waals surface area (Å²) in [6.45, 7) is 1.61. The van der Waals surface area contributed by atoms with Crippen molar-refractivity contribution in [1.29, 1.82) is 0 Å². The van der Waals surface area contributed by atoms with Gasteiger partial charge in [-0.1, -0.05) is 23.2 Å². The maximum Gasteiger partial charge on any atom is 0.228 e. The van der Waals surface area contributed by atoms with Crippen molar-refractivity contribution < 1.29 is 9.13 Å². The molecule has 7 nitrogen and oxygen atoms in total. The molecular weight excluding hydrogens is 442 g/mol. The van der Waals surface area contributed by atoms with Crippen LogP contribution in [0.15, 0.2) is 42.7 Å². The standard InChI is InChI=1S/C21H17Cl2FN6O/c1-29-10-12(9-25-29)17-11-30(6-7-31-17)21-27-19(14-3-2-13(22)8-16(14)24)15-4-5-18(23)26-20(15)28-21/h2-5,8-10,17H,6-7,11H2,1H3/t17-/m1/s1. The zero-order valence-electron chi connectivity index (χ0n) is 16.5. The minimum absolute atomic E-state index is 0.176. The maximum absolute atomic E-state index is 14.8. The Morgan fingerprint density at radius 2 is 2.00 bits per heavy atom. The van der Waals surface area contributed by atoms with Crippen LogP contribution in [-0.4, -0.2) is 44.4 Å². The fourth-order valence-corrected chi connectivity index (χ4v) is 3.94. The van der Waals surface area contributed by atoms with Crippen molar-refractivity contribution in [1.82, 2.24) is 24.7 Å². The highest BCUT2D eigenvalue weighted by Crippen LogP contribution is 2.32. The molecule has 0 spiro atoms. The molecule has 1 aliphatic heterocycles. The molecule has 0 saturated carbocycles. The molecule has 1 fully saturated rings. The zero-order chi connectivity index (χ0) is 21.5. The first-order valence-electron chi connectivity index (χ1n) is 9.63. The van der Waals surface area contributed by atoms with E-state index >= 15 is 0 Å². The van der Waals surface area contributed by atoms with E-state index in [9.17, 15) is 4.39 Å². The number of ether oxygens (including phenoxy) is 1. The number of anilines is 1. The molecule has 10 heteroatoms. The van der Waals surface area contributed by atoms with Crippen LogP contribution in [0.4, 0.5) is 10.3 Å². The van der Waals surface area contributed by atoms with Crippen LogP contribution in [-0.2, 0) is 11.8 Å². The number of nitrogens with zero attached hydrogens (tertiary/aromatic N) is 6. The summed E-state index contributed by atoms with van der Waals surface area (Å²) in [6.07, 6.45) is 3.53. The van der Waals surface area contributed by atoms with Gasteiger partial charge in [-0.05, 0) is 30.3 Å². The highest BCUT2D eigenvalue weighted by molar-refractivity contribution is 6.30. The van der Waals surface area contributed by atoms with Crippen LogP contribution in [0.25, 0.3) is 22.3 Å². The van der Waals surface area contributed by atoms with Crippen LogP contribution in [0.5, 0.6) is 0 Å². The number of fused-ring (bicyclic) bond motifs is 1. The number of aromatic nitrogens is 5. The average Bonchev–Trinajstić information content (AvgIpc) is 3.19. The number of rotatable bonds is 3. The van der Waals surface area contributed by atoms with E-state index in [1.54, 1.807) is 35.1 Å². The molecule has 0 N–H and O–H groups in total. The van der Waals surface area contributed by atoms with Gasteiger partial charge < -0.3 is 9.64 Å². The first kappa shape index (κ1) is 20.1. The lowest BCUT2D eigenvalue weighted by Gasteiger charge is -2.32. The zero-order valence-corrected chi connectivity index (χ0v) is 18.0. The van der Waals surface area contributed by atoms with Crippen LogP contribution >= 0.6 is 23.2 Å². The normalized spacial score (nSPS) is 16.8. The van der Waals surface area contributed by atoms with Gasteiger partial charge in [0.25, 0.3) is 0 Å². The predicted molar refractivity (Wildman–Crippen MR) is 117 cm³/mol. The Kier molecular flexibility index (Phi) is 5.21. The van der Waals surface area contributed by atoms with Gasteiger partial charge >= 0.3 is 0 Å². The van der Waals surface area contributed by atoms with Crippen molar-refractivity contribution in [3.05, 3.63) is 64.3 Å². The molecule has 1 aromatic carbocycles. The summed E-state index contributed by atoms with van der Waals surface area (Å²) in [5.74, 6) is -0.0348. The first-order chi connectivity index (χ1) is 15.0. The Balaban J connectivity index is 1.60. The van der Waals surface area contributed by atoms with E-state index < -0.39 is 5.82 Å². The molecular formula is C21H17Cl2FN6O. The van der Waals surface area contributed by atoms with Crippen LogP contribution < -0.4 is 4.90 Å². The van der Waals surface area contributed by atoms with Gasteiger partial charge in [0.2, 0.25) is 5.95 Å². The van der Waals surface area contributed by atoms with Gasteiger partial charge in [0.1, 0.15) is 17.1 Å². The third-order valence-electron chi connectivity index (χ3n) is 5.15. The third kappa shape index (κ3) is 3.94. The topological polar surface area (TPSA) is 69.0 Å². The number of benzene rings is 1. The maximum atomic E-state index is 14.8. The summed E-state index contributed by atoms with van der Waals surface area (Å²) < 4.78 is 22.4. The number of morpholine rings is 1. The molecule has 3 aromatic heterocycles. The van der Waals surface area contributed by atoms with Crippen molar-refractivity contribution in [3.8, 4) is 11.3 Å². The second-order valence-corrected chi connectivity index (χ2v) is 8.08. The average molecular weight is 459 g/mol. The Hall–Kier alpha value is -2.81. The molecule has 158 valence electrons. The molecule has 0 radical (unpaired) electrons. The second kappa shape index (κ2) is 8.03. The quantitative estimate of drug-likeness (QED) is 0.422. The van der Waals surface area contributed by atoms with Crippen molar-refractivity contribution in [2.24, 2.45) is 7.05 Å². The van der Waals surface area contributed by atoms with E-state index in [1.807, 2.05) is 18.1 Å². The van der Waals surface area contributed by atoms with Gasteiger partial charge in [0.15, 0.2) is 5.65 Å². The molecule has 1 atom stereocenters. The van der Waals surface area contributed by atoms with Gasteiger partial charge in [0, 0.05) is 41.3 Å². The minimum atomic E-state index is -0.469. The Bertz CT molecular complexity index is 1280. The molecule has 0 bridgehead atoms. The molecule has 0 unspecified atom stereocenters. The highest BCUT2D eigenvalue weighted by atomic mass is 35.5. The van der Waals surface area contributed by atoms with E-state index in [0.29, 0.717) is 58.1 Å². The van der Waals surface area contributed by atoms with E-state index in [0.717, 1.165) is 5.56 Å². The van der Waals surface area contributed by atoms with Crippen molar-refractivity contribution in [2.45, 2.75) is 6.10 Å². The number of halogens is 3. The van der Waals surface area contributed by atoms with E-state index in [1.165, 1.54) is 6.07 Å². The third-order valence-corrected chi connectivity index (χ3v) is 5.59. The van der Waals surface area contributed by atoms with E-state index in [-0.39, 0.29) is 6.10 Å². The van der Waals surface area contributed by atoms with E-state index in [2.05, 4.69) is 15.1 Å². The SMILES string of the molecule is Cn1cc([C@H]2CN(c3nc(-c4ccc(Cl)cc4F)c4ccc(Cl)nc4n3)CCO2)cn1. The monoisotopic (exact) mass is 458 g/mol. The lowest BCUT2D eigenvalue weighted by atomic mass is 10.1. The number of pyridine rings is 1. The van der Waals surface area contributed by atoms with E-state index in [4.69, 9.17) is 32.9 Å². The lowest BCUT2D eigenvalue weighted by Crippen LogP contribution is -2.39. The molecule has 1 saturated heterocycles. The van der Waals surface area contributed by atoms with Crippen molar-refractivity contribution in [2.75, 3.05) is 24.6 Å². The number of hydrogen-bond acceptors (Lipinski definition) is 6. The van der Waals surface area contributed by atoms with Gasteiger partial charge in [-0.3, -0.25) is 4.68 Å². The van der Waals surface area contributed by atoms with Crippen molar-refractivity contribution >= 4 is 40.2 Å². The Morgan fingerprint density at radius 1 is 1.13 bits per heavy atom. The minimum Gasteiger partial charge on any atom is -0.370 e. The summed E-state index contributed by atoms with van der Waals surface area (Å²) in [5, 5.41) is 5.44. The molecule has 31 heavy (non-hydrogen) atoms. The Morgan fingerprint density at radius 3 is 2.77 bits per heavy atom. The van der Waals surface area contributed by atoms with Crippen LogP contribution in [0.2, 0.25) is 10.2 Å². The number of aryl methyl sites for hydroxylation is 1. The largest absolute Gasteiger partial charge is 0.370 e. The summed E-state index contributed by atoms with van der Waals surface area (Å²) in [7, 11) is 1.86. The summed E-state index contributed by atoms with van der Waals surface area (Å²) >= 11 is 12.0. The second-order valence-electron chi connectivity index (χ2n) is 7.25. The van der Waals surface area contributed by atoms with Crippen LogP contribution in [0.3, 0.4) is 0 Å². The first-order valence-corrected chi connectivity index (χ1v) is 10.4. The smallest absolute Gasteiger partial charge is 0.228 e. The van der Waals surface area contributed by atoms with Gasteiger partial charge in [-0.2, -0.15) is 10.1 Å². The molecule has 0 amide bonds. The molecule has 4 aromatic rings.